The Balaban J connectivity index is 2.46. The van der Waals surface area contributed by atoms with E-state index < -0.39 is 0 Å². The molecule has 1 aromatic rings. The molecule has 1 aliphatic rings. The van der Waals surface area contributed by atoms with Gasteiger partial charge in [-0.3, -0.25) is 4.99 Å². The zero-order valence-electron chi connectivity index (χ0n) is 7.95. The normalized spacial score (nSPS) is 20.3. The van der Waals surface area contributed by atoms with Crippen LogP contribution in [0.5, 0.6) is 5.75 Å². The van der Waals surface area contributed by atoms with Crippen molar-refractivity contribution in [3.63, 3.8) is 0 Å². The van der Waals surface area contributed by atoms with Gasteiger partial charge in [0.1, 0.15) is 12.4 Å². The zero-order valence-corrected chi connectivity index (χ0v) is 7.95. The zero-order chi connectivity index (χ0) is 9.26. The van der Waals surface area contributed by atoms with Crippen LogP contribution < -0.4 is 4.74 Å². The van der Waals surface area contributed by atoms with Gasteiger partial charge >= 0.3 is 0 Å². The van der Waals surface area contributed by atoms with Gasteiger partial charge in [-0.1, -0.05) is 12.1 Å². The highest BCUT2D eigenvalue weighted by atomic mass is 16.5. The van der Waals surface area contributed by atoms with E-state index in [1.807, 2.05) is 18.3 Å². The first kappa shape index (κ1) is 8.30. The van der Waals surface area contributed by atoms with E-state index in [1.54, 1.807) is 0 Å². The number of nitrogens with zero attached hydrogens (tertiary/aromatic N) is 1. The minimum absolute atomic E-state index is 0.256. The highest BCUT2D eigenvalue weighted by Gasteiger charge is 2.10. The van der Waals surface area contributed by atoms with Crippen LogP contribution in [0.1, 0.15) is 18.1 Å². The Kier molecular flexibility index (Phi) is 2.05. The van der Waals surface area contributed by atoms with Gasteiger partial charge in [-0.05, 0) is 25.5 Å². The lowest BCUT2D eigenvalue weighted by atomic mass is 10.1. The average molecular weight is 175 g/mol. The molecule has 1 aliphatic heterocycles. The third kappa shape index (κ3) is 1.57. The summed E-state index contributed by atoms with van der Waals surface area (Å²) in [6, 6.07) is 6.37. The van der Waals surface area contributed by atoms with E-state index in [1.165, 1.54) is 5.56 Å². The van der Waals surface area contributed by atoms with Crippen LogP contribution in [-0.2, 0) is 0 Å². The third-order valence-corrected chi connectivity index (χ3v) is 2.18. The van der Waals surface area contributed by atoms with Gasteiger partial charge in [-0.15, -0.1) is 0 Å². The minimum atomic E-state index is 0.256. The second-order valence-electron chi connectivity index (χ2n) is 3.43. The predicted octanol–water partition coefficient (Wildman–Crippen LogP) is 2.19. The molecule has 0 aromatic heterocycles. The van der Waals surface area contributed by atoms with Gasteiger partial charge in [0.05, 0.1) is 6.04 Å². The number of ether oxygens (including phenoxy) is 1. The number of rotatable bonds is 0. The van der Waals surface area contributed by atoms with Crippen LogP contribution in [0.3, 0.4) is 0 Å². The molecule has 0 amide bonds. The first-order valence-electron chi connectivity index (χ1n) is 4.53. The summed E-state index contributed by atoms with van der Waals surface area (Å²) in [6.45, 7) is 4.79. The number of benzene rings is 1. The van der Waals surface area contributed by atoms with Crippen LogP contribution in [0.25, 0.3) is 0 Å². The number of aryl methyl sites for hydroxylation is 1. The Labute approximate surface area is 78.3 Å². The SMILES string of the molecule is Cc1cccc2c1OCC(C)N=C2. The molecule has 0 saturated carbocycles. The maximum absolute atomic E-state index is 5.67. The molecule has 1 heterocycles. The van der Waals surface area contributed by atoms with Gasteiger partial charge < -0.3 is 4.74 Å². The first-order valence-corrected chi connectivity index (χ1v) is 4.53. The summed E-state index contributed by atoms with van der Waals surface area (Å²) in [7, 11) is 0. The monoisotopic (exact) mass is 175 g/mol. The van der Waals surface area contributed by atoms with Crippen LogP contribution in [0, 0.1) is 6.92 Å². The lowest BCUT2D eigenvalue weighted by molar-refractivity contribution is 0.298. The Hall–Kier alpha value is -1.31. The number of para-hydroxylation sites is 1. The molecule has 1 atom stereocenters. The van der Waals surface area contributed by atoms with E-state index >= 15 is 0 Å². The van der Waals surface area contributed by atoms with E-state index in [-0.39, 0.29) is 6.04 Å². The van der Waals surface area contributed by atoms with E-state index in [2.05, 4.69) is 24.9 Å². The van der Waals surface area contributed by atoms with Gasteiger partial charge in [0, 0.05) is 11.8 Å². The highest BCUT2D eigenvalue weighted by molar-refractivity contribution is 5.84. The fourth-order valence-electron chi connectivity index (χ4n) is 1.43. The topological polar surface area (TPSA) is 21.6 Å². The van der Waals surface area contributed by atoms with E-state index in [9.17, 15) is 0 Å². The molecule has 1 aromatic carbocycles. The predicted molar refractivity (Wildman–Crippen MR) is 53.7 cm³/mol. The maximum Gasteiger partial charge on any atom is 0.131 e. The molecule has 2 heteroatoms. The second-order valence-corrected chi connectivity index (χ2v) is 3.43. The van der Waals surface area contributed by atoms with Crippen molar-refractivity contribution in [3.05, 3.63) is 29.3 Å². The van der Waals surface area contributed by atoms with Crippen molar-refractivity contribution < 1.29 is 4.74 Å². The number of fused-ring (bicyclic) bond motifs is 1. The molecule has 0 N–H and O–H groups in total. The average Bonchev–Trinajstić information content (AvgIpc) is 2.30. The maximum atomic E-state index is 5.67. The lowest BCUT2D eigenvalue weighted by Crippen LogP contribution is -2.10. The van der Waals surface area contributed by atoms with Gasteiger partial charge in [-0.2, -0.15) is 0 Å². The van der Waals surface area contributed by atoms with Crippen molar-refractivity contribution in [2.24, 2.45) is 4.99 Å². The Bertz CT molecular complexity index is 344. The molecule has 2 nitrogen and oxygen atoms in total. The summed E-state index contributed by atoms with van der Waals surface area (Å²) in [5.74, 6) is 0.982. The van der Waals surface area contributed by atoms with Crippen molar-refractivity contribution in [1.82, 2.24) is 0 Å². The molecule has 0 fully saturated rings. The molecule has 0 bridgehead atoms. The summed E-state index contributed by atoms with van der Waals surface area (Å²) < 4.78 is 5.67. The van der Waals surface area contributed by atoms with Crippen LogP contribution >= 0.6 is 0 Å². The number of aliphatic imine (C=N–C) groups is 1. The third-order valence-electron chi connectivity index (χ3n) is 2.18. The molecule has 0 radical (unpaired) electrons. The molecule has 68 valence electrons. The fourth-order valence-corrected chi connectivity index (χ4v) is 1.43. The van der Waals surface area contributed by atoms with Crippen LogP contribution in [0.2, 0.25) is 0 Å². The van der Waals surface area contributed by atoms with E-state index in [0.717, 1.165) is 11.3 Å². The van der Waals surface area contributed by atoms with Gasteiger partial charge in [0.25, 0.3) is 0 Å². The summed E-state index contributed by atoms with van der Waals surface area (Å²) in [6.07, 6.45) is 1.90. The van der Waals surface area contributed by atoms with E-state index in [4.69, 9.17) is 4.74 Å². The van der Waals surface area contributed by atoms with Gasteiger partial charge in [0.15, 0.2) is 0 Å². The summed E-state index contributed by atoms with van der Waals surface area (Å²) >= 11 is 0. The van der Waals surface area contributed by atoms with Crippen molar-refractivity contribution in [1.29, 1.82) is 0 Å². The molecule has 0 spiro atoms. The largest absolute Gasteiger partial charge is 0.490 e. The summed E-state index contributed by atoms with van der Waals surface area (Å²) in [5, 5.41) is 0. The van der Waals surface area contributed by atoms with Crippen LogP contribution in [0.15, 0.2) is 23.2 Å². The van der Waals surface area contributed by atoms with Crippen molar-refractivity contribution in [2.75, 3.05) is 6.61 Å². The van der Waals surface area contributed by atoms with Crippen LogP contribution in [-0.4, -0.2) is 18.9 Å². The van der Waals surface area contributed by atoms with E-state index in [0.29, 0.717) is 6.61 Å². The summed E-state index contributed by atoms with van der Waals surface area (Å²) in [5.41, 5.74) is 2.27. The minimum Gasteiger partial charge on any atom is -0.490 e. The standard InChI is InChI=1S/C11H13NO/c1-8-4-3-5-10-6-12-9(2)7-13-11(8)10/h3-6,9H,7H2,1-2H3. The molecular weight excluding hydrogens is 162 g/mol. The molecule has 0 saturated heterocycles. The Morgan fingerprint density at radius 2 is 2.31 bits per heavy atom. The van der Waals surface area contributed by atoms with Gasteiger partial charge in [0.2, 0.25) is 0 Å². The molecule has 0 aliphatic carbocycles. The molecular formula is C11H13NO. The molecule has 1 unspecified atom stereocenters. The first-order chi connectivity index (χ1) is 6.27. The second kappa shape index (κ2) is 3.21. The quantitative estimate of drug-likeness (QED) is 0.592. The fraction of sp³-hybridized carbons (Fsp3) is 0.364. The highest BCUT2D eigenvalue weighted by Crippen LogP contribution is 2.23. The molecule has 13 heavy (non-hydrogen) atoms. The summed E-state index contributed by atoms with van der Waals surface area (Å²) in [4.78, 5) is 4.36. The molecule has 2 rings (SSSR count). The number of hydrogen-bond donors (Lipinski definition) is 0. The Morgan fingerprint density at radius 1 is 1.46 bits per heavy atom. The van der Waals surface area contributed by atoms with Crippen molar-refractivity contribution in [2.45, 2.75) is 19.9 Å². The Morgan fingerprint density at radius 3 is 3.15 bits per heavy atom. The van der Waals surface area contributed by atoms with Crippen LogP contribution in [0.4, 0.5) is 0 Å². The lowest BCUT2D eigenvalue weighted by Gasteiger charge is -2.09. The smallest absolute Gasteiger partial charge is 0.131 e. The van der Waals surface area contributed by atoms with Gasteiger partial charge in [-0.25, -0.2) is 0 Å². The van der Waals surface area contributed by atoms with Crippen molar-refractivity contribution in [3.8, 4) is 5.75 Å². The van der Waals surface area contributed by atoms with Crippen molar-refractivity contribution >= 4 is 6.21 Å². The number of hydrogen-bond acceptors (Lipinski definition) is 2.